The predicted octanol–water partition coefficient (Wildman–Crippen LogP) is 5.86. The van der Waals surface area contributed by atoms with Gasteiger partial charge in [-0.2, -0.15) is 4.31 Å². The molecule has 0 aliphatic carbocycles. The highest BCUT2D eigenvalue weighted by Crippen LogP contribution is 2.46. The Labute approximate surface area is 400 Å². The maximum absolute atomic E-state index is 14.0. The molecule has 3 fully saturated rings. The van der Waals surface area contributed by atoms with Crippen LogP contribution in [0, 0.1) is 0 Å². The Balaban J connectivity index is 0.837. The van der Waals surface area contributed by atoms with Gasteiger partial charge in [-0.3, -0.25) is 33.7 Å². The number of nitrogens with zero attached hydrogens (tertiary/aromatic N) is 4. The zero-order valence-electron chi connectivity index (χ0n) is 37.6. The van der Waals surface area contributed by atoms with Crippen molar-refractivity contribution >= 4 is 85.0 Å². The number of benzene rings is 3. The number of likely N-dealkylation sites (tertiary alicyclic amines) is 1. The molecular weight excluding hydrogens is 938 g/mol. The molecule has 3 amide bonds. The van der Waals surface area contributed by atoms with Crippen molar-refractivity contribution in [2.24, 2.45) is 7.05 Å². The molecule has 21 heteroatoms. The molecule has 3 aromatic carbocycles. The Hall–Kier alpha value is -6.06. The molecule has 3 aliphatic heterocycles. The molecule has 2 atom stereocenters. The summed E-state index contributed by atoms with van der Waals surface area (Å²) in [6.45, 7) is 4.79. The van der Waals surface area contributed by atoms with E-state index in [9.17, 15) is 42.3 Å². The van der Waals surface area contributed by atoms with Crippen LogP contribution in [0.5, 0.6) is 5.75 Å². The lowest BCUT2D eigenvalue weighted by Crippen LogP contribution is -2.55. The van der Waals surface area contributed by atoms with Crippen molar-refractivity contribution < 1.29 is 47.3 Å². The molecule has 5 aromatic rings. The Kier molecular flexibility index (Phi) is 13.9. The van der Waals surface area contributed by atoms with Crippen molar-refractivity contribution in [2.45, 2.75) is 81.7 Å². The number of hydrogen-bond acceptors (Lipinski definition) is 12. The van der Waals surface area contributed by atoms with Crippen molar-refractivity contribution in [1.82, 2.24) is 23.7 Å². The second-order valence-corrected chi connectivity index (χ2v) is 21.5. The zero-order chi connectivity index (χ0) is 48.7. The van der Waals surface area contributed by atoms with Crippen LogP contribution in [0.15, 0.2) is 71.5 Å². The Morgan fingerprint density at radius 1 is 0.926 bits per heavy atom. The number of hydrogen-bond donors (Lipinski definition) is 5. The number of aliphatic carboxylic acids is 1. The summed E-state index contributed by atoms with van der Waals surface area (Å²) in [7, 11) is -2.12. The van der Waals surface area contributed by atoms with Crippen LogP contribution >= 0.6 is 22.9 Å². The fourth-order valence-corrected chi connectivity index (χ4v) is 13.1. The first-order valence-corrected chi connectivity index (χ1v) is 25.0. The number of sulfonamides is 1. The lowest BCUT2D eigenvalue weighted by atomic mass is 9.89. The van der Waals surface area contributed by atoms with Crippen LogP contribution in [-0.4, -0.2) is 111 Å². The zero-order valence-corrected chi connectivity index (χ0v) is 40.0. The summed E-state index contributed by atoms with van der Waals surface area (Å²) in [5.41, 5.74) is 3.68. The number of aromatic nitrogens is 2. The molecule has 5 heterocycles. The second kappa shape index (κ2) is 19.5. The van der Waals surface area contributed by atoms with E-state index in [0.717, 1.165) is 29.7 Å². The molecule has 8 rings (SSSR count). The van der Waals surface area contributed by atoms with Gasteiger partial charge in [0.05, 0.1) is 28.2 Å². The highest BCUT2D eigenvalue weighted by atomic mass is 35.5. The lowest BCUT2D eigenvalue weighted by Gasteiger charge is -2.45. The monoisotopic (exact) mass is 989 g/mol. The largest absolute Gasteiger partial charge is 0.479 e. The van der Waals surface area contributed by atoms with Gasteiger partial charge in [0.1, 0.15) is 11.1 Å². The number of thiophene rings is 1. The minimum Gasteiger partial charge on any atom is -0.479 e. The molecular formula is C47H52ClN7O11S2. The summed E-state index contributed by atoms with van der Waals surface area (Å²) in [5.74, 6) is -3.86. The minimum atomic E-state index is -3.80. The summed E-state index contributed by atoms with van der Waals surface area (Å²) >= 11 is 7.40. The number of carboxylic acid groups (broad SMARTS) is 2. The first kappa shape index (κ1) is 48.4. The molecule has 2 aromatic heterocycles. The number of halogens is 1. The van der Waals surface area contributed by atoms with E-state index in [1.165, 1.54) is 13.4 Å². The van der Waals surface area contributed by atoms with Gasteiger partial charge >= 0.3 is 17.6 Å². The van der Waals surface area contributed by atoms with E-state index in [-0.39, 0.29) is 76.8 Å². The van der Waals surface area contributed by atoms with Gasteiger partial charge in [-0.05, 0) is 118 Å². The summed E-state index contributed by atoms with van der Waals surface area (Å²) in [5, 5.41) is 27.5. The SMILES string of the molecule is Cn1c(=O)n(C2CCC(=O)NC2=O)c2ccc(C3CCN(CC(=O)Nc4cccc(CS(=O)(=O)N5CCC(Nc6cccc(-c7sc(C(=O)O)c(OCC(=O)O)c7Cl)c6)CC5(C)C)c4)CC3)cc21. The number of carbonyl (C=O) groups is 5. The molecule has 68 heavy (non-hydrogen) atoms. The third-order valence-corrected chi connectivity index (χ3v) is 16.6. The maximum atomic E-state index is 14.0. The molecule has 0 radical (unpaired) electrons. The van der Waals surface area contributed by atoms with E-state index in [2.05, 4.69) is 20.9 Å². The third kappa shape index (κ3) is 10.3. The Morgan fingerprint density at radius 2 is 1.66 bits per heavy atom. The van der Waals surface area contributed by atoms with Crippen LogP contribution in [0.2, 0.25) is 5.02 Å². The highest BCUT2D eigenvalue weighted by molar-refractivity contribution is 7.88. The number of carbonyl (C=O) groups excluding carboxylic acids is 3. The third-order valence-electron chi connectivity index (χ3n) is 12.9. The maximum Gasteiger partial charge on any atom is 0.349 e. The van der Waals surface area contributed by atoms with Crippen molar-refractivity contribution in [3.63, 3.8) is 0 Å². The summed E-state index contributed by atoms with van der Waals surface area (Å²) < 4.78 is 37.8. The first-order valence-electron chi connectivity index (χ1n) is 22.2. The molecule has 3 saturated heterocycles. The second-order valence-electron chi connectivity index (χ2n) is 18.2. The topological polar surface area (TPSA) is 239 Å². The van der Waals surface area contributed by atoms with E-state index >= 15 is 0 Å². The summed E-state index contributed by atoms with van der Waals surface area (Å²) in [4.78, 5) is 76.1. The van der Waals surface area contributed by atoms with Crippen molar-refractivity contribution in [3.05, 3.63) is 98.2 Å². The van der Waals surface area contributed by atoms with Crippen LogP contribution < -0.4 is 26.4 Å². The lowest BCUT2D eigenvalue weighted by molar-refractivity contribution is -0.139. The predicted molar refractivity (Wildman–Crippen MR) is 257 cm³/mol. The van der Waals surface area contributed by atoms with Gasteiger partial charge in [0.2, 0.25) is 27.7 Å². The number of ether oxygens (including phenoxy) is 1. The van der Waals surface area contributed by atoms with Gasteiger partial charge in [-0.1, -0.05) is 41.9 Å². The van der Waals surface area contributed by atoms with Crippen LogP contribution in [0.4, 0.5) is 11.4 Å². The number of aryl methyl sites for hydroxylation is 1. The number of anilines is 2. The van der Waals surface area contributed by atoms with Crippen molar-refractivity contribution in [1.29, 1.82) is 0 Å². The van der Waals surface area contributed by atoms with Gasteiger partial charge in [-0.15, -0.1) is 11.3 Å². The van der Waals surface area contributed by atoms with E-state index in [0.29, 0.717) is 64.3 Å². The van der Waals surface area contributed by atoms with Crippen LogP contribution in [0.25, 0.3) is 21.5 Å². The molecule has 360 valence electrons. The number of amides is 3. The van der Waals surface area contributed by atoms with E-state index in [1.807, 2.05) is 38.1 Å². The van der Waals surface area contributed by atoms with Crippen LogP contribution in [-0.2, 0) is 42.0 Å². The van der Waals surface area contributed by atoms with Gasteiger partial charge in [0, 0.05) is 43.0 Å². The Bertz CT molecular complexity index is 2990. The number of aromatic carboxylic acids is 1. The molecule has 18 nitrogen and oxygen atoms in total. The number of fused-ring (bicyclic) bond motifs is 1. The van der Waals surface area contributed by atoms with Crippen molar-refractivity contribution in [2.75, 3.05) is 43.4 Å². The number of imidazole rings is 1. The number of nitrogens with one attached hydrogen (secondary N) is 3. The van der Waals surface area contributed by atoms with Crippen LogP contribution in [0.1, 0.15) is 85.1 Å². The number of imide groups is 1. The number of piperidine rings is 3. The molecule has 0 spiro atoms. The Morgan fingerprint density at radius 3 is 2.37 bits per heavy atom. The molecule has 5 N–H and O–H groups in total. The standard InChI is InChI=1S/C47H52ClN7O11S2/c1-47(2)23-33(49-32-9-5-7-30(21-32)42-40(48)41(66-25-39(58)59)43(67-42)45(61)62)16-19-54(47)68(64,65)26-27-6-4-8-31(20-27)50-38(57)24-53-17-14-28(15-18-53)29-10-11-34-36(22-29)52(3)46(63)55(34)35-12-13-37(56)51-44(35)60/h4-11,20-22,28,33,35,49H,12-19,23-26H2,1-3H3,(H,50,57)(H,58,59)(H,61,62)(H,51,56,60). The summed E-state index contributed by atoms with van der Waals surface area (Å²) in [6.07, 6.45) is 3.01. The fourth-order valence-electron chi connectivity index (χ4n) is 9.71. The fraction of sp³-hybridized carbons (Fsp3) is 0.404. The molecule has 0 bridgehead atoms. The quantitative estimate of drug-likeness (QED) is 0.0774. The van der Waals surface area contributed by atoms with Crippen molar-refractivity contribution in [3.8, 4) is 16.2 Å². The van der Waals surface area contributed by atoms with Crippen LogP contribution in [0.3, 0.4) is 0 Å². The van der Waals surface area contributed by atoms with Gasteiger partial charge in [0.15, 0.2) is 17.2 Å². The molecule has 3 aliphatic rings. The minimum absolute atomic E-state index is 0.00153. The number of rotatable bonds is 15. The first-order chi connectivity index (χ1) is 32.3. The molecule has 0 saturated carbocycles. The summed E-state index contributed by atoms with van der Waals surface area (Å²) in [6, 6.07) is 19.1. The van der Waals surface area contributed by atoms with Gasteiger partial charge in [0.25, 0.3) is 0 Å². The normalized spacial score (nSPS) is 19.4. The van der Waals surface area contributed by atoms with Gasteiger partial charge in [-0.25, -0.2) is 22.8 Å². The number of carboxylic acids is 2. The highest BCUT2D eigenvalue weighted by Gasteiger charge is 2.42. The van der Waals surface area contributed by atoms with E-state index < -0.39 is 46.1 Å². The van der Waals surface area contributed by atoms with E-state index in [4.69, 9.17) is 21.4 Å². The van der Waals surface area contributed by atoms with E-state index in [1.54, 1.807) is 49.5 Å². The average Bonchev–Trinajstić information content (AvgIpc) is 3.74. The van der Waals surface area contributed by atoms with Gasteiger partial charge < -0.3 is 25.6 Å². The smallest absolute Gasteiger partial charge is 0.349 e. The average molecular weight is 991 g/mol. The molecule has 2 unspecified atom stereocenters.